The minimum absolute atomic E-state index is 0.174. The van der Waals surface area contributed by atoms with Crippen LogP contribution >= 0.6 is 11.3 Å². The summed E-state index contributed by atoms with van der Waals surface area (Å²) in [7, 11) is 3.97. The molecule has 4 rings (SSSR count). The van der Waals surface area contributed by atoms with Crippen LogP contribution in [0, 0.1) is 0 Å². The van der Waals surface area contributed by atoms with Gasteiger partial charge in [-0.15, -0.1) is 11.3 Å². The third-order valence-corrected chi connectivity index (χ3v) is 6.22. The molecule has 2 aromatic carbocycles. The number of benzene rings is 2. The number of anilines is 3. The summed E-state index contributed by atoms with van der Waals surface area (Å²) >= 11 is 1.40. The Bertz CT molecular complexity index is 1330. The number of pyridine rings is 1. The van der Waals surface area contributed by atoms with Crippen LogP contribution in [-0.2, 0) is 6.54 Å². The second kappa shape index (κ2) is 11.5. The Morgan fingerprint density at radius 3 is 2.69 bits per heavy atom. The van der Waals surface area contributed by atoms with Crippen molar-refractivity contribution in [1.82, 2.24) is 9.88 Å². The molecule has 2 aromatic heterocycles. The van der Waals surface area contributed by atoms with Gasteiger partial charge in [0.1, 0.15) is 4.88 Å². The van der Waals surface area contributed by atoms with Crippen LogP contribution in [0.1, 0.15) is 15.2 Å². The molecule has 35 heavy (non-hydrogen) atoms. The molecule has 0 unspecified atom stereocenters. The van der Waals surface area contributed by atoms with Gasteiger partial charge in [0.25, 0.3) is 5.91 Å². The molecule has 0 spiro atoms. The van der Waals surface area contributed by atoms with Gasteiger partial charge in [-0.05, 0) is 61.4 Å². The molecule has 4 aromatic rings. The second-order valence-electron chi connectivity index (χ2n) is 8.23. The highest BCUT2D eigenvalue weighted by atomic mass is 32.1. The Morgan fingerprint density at radius 1 is 1.06 bits per heavy atom. The molecule has 0 atom stereocenters. The van der Waals surface area contributed by atoms with Crippen molar-refractivity contribution in [3.8, 4) is 0 Å². The number of thiophene rings is 1. The van der Waals surface area contributed by atoms with E-state index in [-0.39, 0.29) is 5.91 Å². The summed E-state index contributed by atoms with van der Waals surface area (Å²) in [4.78, 5) is 24.4. The zero-order valence-corrected chi connectivity index (χ0v) is 20.6. The van der Waals surface area contributed by atoms with Gasteiger partial charge in [0.2, 0.25) is 0 Å². The summed E-state index contributed by atoms with van der Waals surface area (Å²) in [5.74, 6) is 0.163. The number of carbonyl (C=O) groups is 1. The number of hydrogen-bond donors (Lipinski definition) is 4. The average molecular weight is 488 g/mol. The highest BCUT2D eigenvalue weighted by Crippen LogP contribution is 2.26. The number of aliphatic imine (C=N–C) groups is 1. The van der Waals surface area contributed by atoms with E-state index in [0.717, 1.165) is 34.4 Å². The Balaban J connectivity index is 1.40. The van der Waals surface area contributed by atoms with E-state index < -0.39 is 0 Å². The lowest BCUT2D eigenvalue weighted by atomic mass is 10.1. The second-order valence-corrected chi connectivity index (χ2v) is 9.15. The van der Waals surface area contributed by atoms with Gasteiger partial charge in [0, 0.05) is 36.0 Å². The molecule has 0 aliphatic heterocycles. The fourth-order valence-corrected chi connectivity index (χ4v) is 4.31. The van der Waals surface area contributed by atoms with E-state index in [4.69, 9.17) is 5.73 Å². The summed E-state index contributed by atoms with van der Waals surface area (Å²) in [5.41, 5.74) is 10.3. The number of fused-ring (bicyclic) bond motifs is 1. The number of nitrogens with one attached hydrogen (secondary N) is 3. The molecule has 0 bridgehead atoms. The molecule has 180 valence electrons. The smallest absolute Gasteiger partial charge is 0.267 e. The van der Waals surface area contributed by atoms with E-state index in [0.29, 0.717) is 29.6 Å². The lowest BCUT2D eigenvalue weighted by Crippen LogP contribution is -2.25. The standard InChI is InChI=1S/C26H29N7OS/c1-33(2)14-13-29-26(27)32-20-7-5-6-19(16-20)31-25(34)24-23(11-15-35-24)30-17-18-10-12-28-22-9-4-3-8-21(18)22/h3-12,15-16,30H,13-14,17H2,1-2H3,(H,31,34)(H3,27,29,32). The molecule has 8 nitrogen and oxygen atoms in total. The molecule has 9 heteroatoms. The van der Waals surface area contributed by atoms with Crippen molar-refractivity contribution < 1.29 is 4.79 Å². The van der Waals surface area contributed by atoms with Gasteiger partial charge in [-0.3, -0.25) is 14.8 Å². The number of nitrogens with two attached hydrogens (primary N) is 1. The lowest BCUT2D eigenvalue weighted by molar-refractivity contribution is 0.103. The first kappa shape index (κ1) is 24.2. The number of likely N-dealkylation sites (N-methyl/N-ethyl adjacent to an activating group) is 1. The van der Waals surface area contributed by atoms with E-state index in [1.807, 2.05) is 79.0 Å². The van der Waals surface area contributed by atoms with Gasteiger partial charge in [-0.25, -0.2) is 0 Å². The minimum atomic E-state index is -0.174. The summed E-state index contributed by atoms with van der Waals surface area (Å²) in [6.45, 7) is 2.00. The van der Waals surface area contributed by atoms with E-state index >= 15 is 0 Å². The summed E-state index contributed by atoms with van der Waals surface area (Å²) in [5, 5.41) is 12.5. The maximum atomic E-state index is 13.0. The number of hydrogen-bond acceptors (Lipinski definition) is 6. The van der Waals surface area contributed by atoms with Crippen LogP contribution in [0.4, 0.5) is 17.1 Å². The molecule has 0 aliphatic carbocycles. The molecule has 0 saturated carbocycles. The summed E-state index contributed by atoms with van der Waals surface area (Å²) < 4.78 is 0. The minimum Gasteiger partial charge on any atom is -0.380 e. The molecule has 0 aliphatic rings. The van der Waals surface area contributed by atoms with Crippen molar-refractivity contribution in [1.29, 1.82) is 0 Å². The van der Waals surface area contributed by atoms with Crippen LogP contribution in [0.2, 0.25) is 0 Å². The van der Waals surface area contributed by atoms with Gasteiger partial charge in [0.15, 0.2) is 5.96 Å². The molecule has 0 saturated heterocycles. The summed E-state index contributed by atoms with van der Waals surface area (Å²) in [6.07, 6.45) is 1.81. The fraction of sp³-hybridized carbons (Fsp3) is 0.192. The molecule has 5 N–H and O–H groups in total. The van der Waals surface area contributed by atoms with E-state index in [9.17, 15) is 4.79 Å². The van der Waals surface area contributed by atoms with Crippen LogP contribution in [-0.4, -0.2) is 48.9 Å². The Labute approximate surface area is 208 Å². The first-order valence-electron chi connectivity index (χ1n) is 11.3. The van der Waals surface area contributed by atoms with E-state index in [1.54, 1.807) is 6.20 Å². The Kier molecular flexibility index (Phi) is 7.92. The third-order valence-electron chi connectivity index (χ3n) is 5.30. The SMILES string of the molecule is CN(C)CCN=C(N)Nc1cccc(NC(=O)c2sccc2NCc2ccnc3ccccc23)c1. The predicted molar refractivity (Wildman–Crippen MR) is 146 cm³/mol. The van der Waals surface area contributed by atoms with Crippen LogP contribution < -0.4 is 21.7 Å². The fourth-order valence-electron chi connectivity index (χ4n) is 3.54. The van der Waals surface area contributed by atoms with E-state index in [1.165, 1.54) is 11.3 Å². The first-order chi connectivity index (χ1) is 17.0. The van der Waals surface area contributed by atoms with Gasteiger partial charge >= 0.3 is 0 Å². The molecule has 0 fully saturated rings. The summed E-state index contributed by atoms with van der Waals surface area (Å²) in [6, 6.07) is 19.3. The highest BCUT2D eigenvalue weighted by Gasteiger charge is 2.14. The third kappa shape index (κ3) is 6.56. The zero-order valence-electron chi connectivity index (χ0n) is 19.8. The van der Waals surface area contributed by atoms with Crippen LogP contribution in [0.3, 0.4) is 0 Å². The maximum absolute atomic E-state index is 13.0. The number of guanidine groups is 1. The number of para-hydroxylation sites is 1. The molecular weight excluding hydrogens is 458 g/mol. The van der Waals surface area contributed by atoms with Gasteiger partial charge in [0.05, 0.1) is 17.7 Å². The number of aromatic nitrogens is 1. The zero-order chi connectivity index (χ0) is 24.6. The van der Waals surface area contributed by atoms with Crippen molar-refractivity contribution in [2.24, 2.45) is 10.7 Å². The van der Waals surface area contributed by atoms with Crippen LogP contribution in [0.15, 0.2) is 77.2 Å². The van der Waals surface area contributed by atoms with Gasteiger partial charge in [-0.2, -0.15) is 0 Å². The number of carbonyl (C=O) groups excluding carboxylic acids is 1. The van der Waals surface area contributed by atoms with Crippen molar-refractivity contribution in [2.75, 3.05) is 43.1 Å². The monoisotopic (exact) mass is 487 g/mol. The predicted octanol–water partition coefficient (Wildman–Crippen LogP) is 4.45. The van der Waals surface area contributed by atoms with Crippen molar-refractivity contribution >= 4 is 51.2 Å². The largest absolute Gasteiger partial charge is 0.380 e. The van der Waals surface area contributed by atoms with Crippen LogP contribution in [0.25, 0.3) is 10.9 Å². The van der Waals surface area contributed by atoms with Crippen LogP contribution in [0.5, 0.6) is 0 Å². The highest BCUT2D eigenvalue weighted by molar-refractivity contribution is 7.12. The van der Waals surface area contributed by atoms with Crippen molar-refractivity contribution in [3.05, 3.63) is 82.7 Å². The van der Waals surface area contributed by atoms with Gasteiger partial charge in [-0.1, -0.05) is 24.3 Å². The molecule has 2 heterocycles. The molecule has 0 radical (unpaired) electrons. The molecular formula is C26H29N7OS. The maximum Gasteiger partial charge on any atom is 0.267 e. The van der Waals surface area contributed by atoms with Gasteiger partial charge < -0.3 is 26.6 Å². The number of nitrogens with zero attached hydrogens (tertiary/aromatic N) is 3. The Morgan fingerprint density at radius 2 is 1.86 bits per heavy atom. The average Bonchev–Trinajstić information content (AvgIpc) is 3.31. The van der Waals surface area contributed by atoms with Crippen molar-refractivity contribution in [2.45, 2.75) is 6.54 Å². The normalized spacial score (nSPS) is 11.6. The topological polar surface area (TPSA) is 108 Å². The Hall–Kier alpha value is -3.95. The first-order valence-corrected chi connectivity index (χ1v) is 12.1. The van der Waals surface area contributed by atoms with E-state index in [2.05, 4.69) is 32.0 Å². The van der Waals surface area contributed by atoms with Crippen molar-refractivity contribution in [3.63, 3.8) is 0 Å². The lowest BCUT2D eigenvalue weighted by Gasteiger charge is -2.12. The number of rotatable bonds is 9. The molecule has 1 amide bonds. The quantitative estimate of drug-likeness (QED) is 0.205. The number of amides is 1.